The Labute approximate surface area is 167 Å². The van der Waals surface area contributed by atoms with Crippen molar-refractivity contribution in [2.45, 2.75) is 69.4 Å². The van der Waals surface area contributed by atoms with Gasteiger partial charge in [-0.25, -0.2) is 15.0 Å². The maximum absolute atomic E-state index is 13.1. The van der Waals surface area contributed by atoms with Gasteiger partial charge < -0.3 is 9.47 Å². The molecule has 156 valence electrons. The molecule has 2 aromatic rings. The summed E-state index contributed by atoms with van der Waals surface area (Å²) >= 11 is 0. The molecule has 0 unspecified atom stereocenters. The van der Waals surface area contributed by atoms with Crippen LogP contribution in [-0.4, -0.2) is 49.6 Å². The molecule has 1 aliphatic heterocycles. The van der Waals surface area contributed by atoms with Crippen molar-refractivity contribution >= 4 is 5.82 Å². The lowest BCUT2D eigenvalue weighted by Crippen LogP contribution is -2.46. The standard InChI is InChI=1S/C20H25F3N6/c21-20(22,23)18-9-19(26-12-25-18)29(15-3-4-15)16-5-7-27(8-6-16)11-17-10-24-13-28(17)14-1-2-14/h9-10,12-16H,1-8,11H2. The Morgan fingerprint density at radius 2 is 1.72 bits per heavy atom. The molecule has 2 saturated carbocycles. The molecule has 5 rings (SSSR count). The molecule has 0 aromatic carbocycles. The van der Waals surface area contributed by atoms with E-state index >= 15 is 0 Å². The highest BCUT2D eigenvalue weighted by molar-refractivity contribution is 5.44. The predicted octanol–water partition coefficient (Wildman–Crippen LogP) is 3.66. The van der Waals surface area contributed by atoms with Gasteiger partial charge in [-0.05, 0) is 38.5 Å². The molecule has 3 aliphatic rings. The molecule has 2 aromatic heterocycles. The summed E-state index contributed by atoms with van der Waals surface area (Å²) in [7, 11) is 0. The zero-order valence-electron chi connectivity index (χ0n) is 16.2. The van der Waals surface area contributed by atoms with Crippen LogP contribution in [0.3, 0.4) is 0 Å². The van der Waals surface area contributed by atoms with Crippen molar-refractivity contribution in [1.82, 2.24) is 24.4 Å². The third-order valence-electron chi connectivity index (χ3n) is 6.17. The topological polar surface area (TPSA) is 50.1 Å². The molecule has 0 amide bonds. The van der Waals surface area contributed by atoms with Crippen molar-refractivity contribution in [3.05, 3.63) is 36.3 Å². The van der Waals surface area contributed by atoms with E-state index in [0.717, 1.165) is 57.7 Å². The smallest absolute Gasteiger partial charge is 0.350 e. The summed E-state index contributed by atoms with van der Waals surface area (Å²) in [4.78, 5) is 16.5. The van der Waals surface area contributed by atoms with E-state index < -0.39 is 11.9 Å². The van der Waals surface area contributed by atoms with Gasteiger partial charge in [-0.3, -0.25) is 4.90 Å². The lowest BCUT2D eigenvalue weighted by Gasteiger charge is -2.39. The number of alkyl halides is 3. The number of aromatic nitrogens is 4. The highest BCUT2D eigenvalue weighted by atomic mass is 19.4. The van der Waals surface area contributed by atoms with E-state index in [0.29, 0.717) is 17.9 Å². The van der Waals surface area contributed by atoms with E-state index in [4.69, 9.17) is 0 Å². The molecular weight excluding hydrogens is 381 g/mol. The first-order chi connectivity index (χ1) is 14.0. The van der Waals surface area contributed by atoms with Gasteiger partial charge in [0, 0.05) is 50.0 Å². The summed E-state index contributed by atoms with van der Waals surface area (Å²) in [6.45, 7) is 2.75. The highest BCUT2D eigenvalue weighted by Gasteiger charge is 2.39. The van der Waals surface area contributed by atoms with Crippen molar-refractivity contribution in [3.63, 3.8) is 0 Å². The number of anilines is 1. The zero-order chi connectivity index (χ0) is 20.0. The van der Waals surface area contributed by atoms with Crippen LogP contribution >= 0.6 is 0 Å². The van der Waals surface area contributed by atoms with Crippen LogP contribution in [-0.2, 0) is 12.7 Å². The highest BCUT2D eigenvalue weighted by Crippen LogP contribution is 2.38. The third-order valence-corrected chi connectivity index (χ3v) is 6.17. The Bertz CT molecular complexity index is 850. The van der Waals surface area contributed by atoms with Crippen molar-refractivity contribution < 1.29 is 13.2 Å². The maximum atomic E-state index is 13.1. The number of rotatable bonds is 6. The predicted molar refractivity (Wildman–Crippen MR) is 101 cm³/mol. The molecule has 2 aliphatic carbocycles. The minimum atomic E-state index is -4.44. The Morgan fingerprint density at radius 1 is 1.00 bits per heavy atom. The van der Waals surface area contributed by atoms with Gasteiger partial charge in [0.1, 0.15) is 17.8 Å². The fourth-order valence-corrected chi connectivity index (χ4v) is 4.39. The van der Waals surface area contributed by atoms with Gasteiger partial charge in [0.25, 0.3) is 0 Å². The number of halogens is 3. The van der Waals surface area contributed by atoms with Crippen LogP contribution in [0.5, 0.6) is 0 Å². The SMILES string of the molecule is FC(F)(F)c1cc(N(C2CC2)C2CCN(Cc3cncn3C3CC3)CC2)ncn1. The van der Waals surface area contributed by atoms with E-state index in [1.165, 1.54) is 18.5 Å². The average molecular weight is 406 g/mol. The molecule has 6 nitrogen and oxygen atoms in total. The number of hydrogen-bond acceptors (Lipinski definition) is 5. The second-order valence-corrected chi connectivity index (χ2v) is 8.43. The summed E-state index contributed by atoms with van der Waals surface area (Å²) in [6.07, 6.45) is 6.86. The number of piperidine rings is 1. The van der Waals surface area contributed by atoms with Crippen molar-refractivity contribution in [2.24, 2.45) is 0 Å². The van der Waals surface area contributed by atoms with Gasteiger partial charge in [-0.1, -0.05) is 0 Å². The summed E-state index contributed by atoms with van der Waals surface area (Å²) < 4.78 is 41.6. The molecule has 29 heavy (non-hydrogen) atoms. The van der Waals surface area contributed by atoms with E-state index in [9.17, 15) is 13.2 Å². The van der Waals surface area contributed by atoms with Gasteiger partial charge in [-0.2, -0.15) is 13.2 Å². The van der Waals surface area contributed by atoms with Crippen LogP contribution in [0.4, 0.5) is 19.0 Å². The number of imidazole rings is 1. The van der Waals surface area contributed by atoms with Crippen molar-refractivity contribution in [3.8, 4) is 0 Å². The van der Waals surface area contributed by atoms with Gasteiger partial charge in [-0.15, -0.1) is 0 Å². The lowest BCUT2D eigenvalue weighted by atomic mass is 10.0. The fraction of sp³-hybridized carbons (Fsp3) is 0.650. The molecule has 0 N–H and O–H groups in total. The lowest BCUT2D eigenvalue weighted by molar-refractivity contribution is -0.141. The summed E-state index contributed by atoms with van der Waals surface area (Å²) in [5.74, 6) is 0.417. The molecule has 0 atom stereocenters. The number of likely N-dealkylation sites (tertiary alicyclic amines) is 1. The average Bonchev–Trinajstić information content (AvgIpc) is 3.63. The Morgan fingerprint density at radius 3 is 2.38 bits per heavy atom. The minimum absolute atomic E-state index is 0.225. The molecule has 9 heteroatoms. The molecule has 0 bridgehead atoms. The van der Waals surface area contributed by atoms with Gasteiger partial charge in [0.2, 0.25) is 0 Å². The summed E-state index contributed by atoms with van der Waals surface area (Å²) in [5, 5.41) is 0. The fourth-order valence-electron chi connectivity index (χ4n) is 4.39. The second-order valence-electron chi connectivity index (χ2n) is 8.43. The second kappa shape index (κ2) is 7.27. The molecule has 0 radical (unpaired) electrons. The molecule has 0 spiro atoms. The first-order valence-electron chi connectivity index (χ1n) is 10.4. The normalized spacial score (nSPS) is 21.5. The molecule has 1 saturated heterocycles. The van der Waals surface area contributed by atoms with Crippen LogP contribution in [0.25, 0.3) is 0 Å². The van der Waals surface area contributed by atoms with E-state index in [-0.39, 0.29) is 6.04 Å². The van der Waals surface area contributed by atoms with Gasteiger partial charge >= 0.3 is 6.18 Å². The van der Waals surface area contributed by atoms with Crippen molar-refractivity contribution in [1.29, 1.82) is 0 Å². The molecule has 3 heterocycles. The van der Waals surface area contributed by atoms with E-state index in [1.807, 2.05) is 12.5 Å². The summed E-state index contributed by atoms with van der Waals surface area (Å²) in [6, 6.07) is 2.26. The van der Waals surface area contributed by atoms with Crippen LogP contribution in [0.2, 0.25) is 0 Å². The summed E-state index contributed by atoms with van der Waals surface area (Å²) in [5.41, 5.74) is 0.398. The van der Waals surface area contributed by atoms with E-state index in [2.05, 4.69) is 29.3 Å². The quantitative estimate of drug-likeness (QED) is 0.733. The largest absolute Gasteiger partial charge is 0.433 e. The molecular formula is C20H25F3N6. The van der Waals surface area contributed by atoms with Crippen LogP contribution in [0.1, 0.15) is 56.0 Å². The van der Waals surface area contributed by atoms with Crippen molar-refractivity contribution in [2.75, 3.05) is 18.0 Å². The van der Waals surface area contributed by atoms with Gasteiger partial charge in [0.15, 0.2) is 0 Å². The van der Waals surface area contributed by atoms with Crippen LogP contribution in [0, 0.1) is 0 Å². The zero-order valence-corrected chi connectivity index (χ0v) is 16.2. The first kappa shape index (κ1) is 18.8. The third kappa shape index (κ3) is 4.10. The first-order valence-corrected chi connectivity index (χ1v) is 10.4. The number of nitrogens with zero attached hydrogens (tertiary/aromatic N) is 6. The maximum Gasteiger partial charge on any atom is 0.433 e. The van der Waals surface area contributed by atoms with Crippen LogP contribution in [0.15, 0.2) is 24.9 Å². The monoisotopic (exact) mass is 406 g/mol. The van der Waals surface area contributed by atoms with E-state index in [1.54, 1.807) is 0 Å². The molecule has 3 fully saturated rings. The Kier molecular flexibility index (Phi) is 4.72. The van der Waals surface area contributed by atoms with Gasteiger partial charge in [0.05, 0.1) is 12.0 Å². The number of hydrogen-bond donors (Lipinski definition) is 0. The Balaban J connectivity index is 1.25. The van der Waals surface area contributed by atoms with Crippen LogP contribution < -0.4 is 4.90 Å². The minimum Gasteiger partial charge on any atom is -0.350 e. The Hall–Kier alpha value is -2.16.